The molecule has 34 heavy (non-hydrogen) atoms. The zero-order chi connectivity index (χ0) is 24.2. The number of ether oxygens (including phenoxy) is 1. The molecule has 2 aromatic rings. The highest BCUT2D eigenvalue weighted by Gasteiger charge is 2.37. The smallest absolute Gasteiger partial charge is 0.343 e. The first-order valence-corrected chi connectivity index (χ1v) is 11.9. The average molecular weight is 468 g/mol. The maximum atomic E-state index is 15.0. The van der Waals surface area contributed by atoms with Gasteiger partial charge >= 0.3 is 5.97 Å². The maximum Gasteiger partial charge on any atom is 0.343 e. The van der Waals surface area contributed by atoms with Gasteiger partial charge in [0.25, 0.3) is 0 Å². The predicted octanol–water partition coefficient (Wildman–Crippen LogP) is 7.46. The molecule has 0 spiro atoms. The third-order valence-electron chi connectivity index (χ3n) is 7.50. The molecule has 2 aromatic carbocycles. The molecule has 0 bridgehead atoms. The molecule has 0 N–H and O–H groups in total. The largest absolute Gasteiger partial charge is 0.423 e. The molecule has 4 atom stereocenters. The van der Waals surface area contributed by atoms with Crippen LogP contribution in [0.5, 0.6) is 5.75 Å². The Labute approximate surface area is 198 Å². The Kier molecular flexibility index (Phi) is 7.41. The monoisotopic (exact) mass is 467 g/mol. The van der Waals surface area contributed by atoms with Gasteiger partial charge in [0.15, 0.2) is 0 Å². The molecule has 0 aromatic heterocycles. The van der Waals surface area contributed by atoms with Crippen LogP contribution in [0.1, 0.15) is 78.8 Å². The number of nitrogens with zero attached hydrogens (tertiary/aromatic N) is 1. The fourth-order valence-electron chi connectivity index (χ4n) is 5.77. The van der Waals surface area contributed by atoms with E-state index >= 15 is 8.78 Å². The van der Waals surface area contributed by atoms with Gasteiger partial charge in [-0.25, -0.2) is 18.0 Å². The predicted molar refractivity (Wildman–Crippen MR) is 123 cm³/mol. The minimum Gasteiger partial charge on any atom is -0.423 e. The molecule has 178 valence electrons. The molecule has 3 nitrogen and oxygen atoms in total. The van der Waals surface area contributed by atoms with Gasteiger partial charge in [0.2, 0.25) is 0 Å². The van der Waals surface area contributed by atoms with E-state index in [1.54, 1.807) is 6.07 Å². The van der Waals surface area contributed by atoms with Crippen LogP contribution < -0.4 is 4.74 Å². The topological polar surface area (TPSA) is 50.1 Å². The molecule has 2 fully saturated rings. The van der Waals surface area contributed by atoms with Crippen molar-refractivity contribution < 1.29 is 22.7 Å². The van der Waals surface area contributed by atoms with Gasteiger partial charge in [0.05, 0.1) is 11.1 Å². The first-order valence-electron chi connectivity index (χ1n) is 11.9. The van der Waals surface area contributed by atoms with E-state index in [1.807, 2.05) is 6.08 Å². The number of carbonyl (C=O) groups is 1. The summed E-state index contributed by atoms with van der Waals surface area (Å²) in [6, 6.07) is 6.99. The molecule has 4 unspecified atom stereocenters. The third kappa shape index (κ3) is 5.19. The van der Waals surface area contributed by atoms with Crippen LogP contribution in [-0.2, 0) is 0 Å². The van der Waals surface area contributed by atoms with Crippen LogP contribution in [-0.4, -0.2) is 5.97 Å². The lowest BCUT2D eigenvalue weighted by Gasteiger charge is -2.42. The Hall–Kier alpha value is -3.07. The molecule has 0 amide bonds. The summed E-state index contributed by atoms with van der Waals surface area (Å²) in [5.74, 6) is -1.86. The van der Waals surface area contributed by atoms with Crippen molar-refractivity contribution in [2.45, 2.75) is 57.3 Å². The first kappa shape index (κ1) is 24.1. The highest BCUT2D eigenvalue weighted by atomic mass is 19.1. The lowest BCUT2D eigenvalue weighted by molar-refractivity contribution is 0.0733. The quantitative estimate of drug-likeness (QED) is 0.252. The second-order valence-corrected chi connectivity index (χ2v) is 9.57. The SMILES string of the molecule is C=CCCC1CCC2CC(c3c(F)cc(C(=O)Oc4ccc(C#N)c(F)c4)cc3F)CCC2C1. The molecular formula is C28H28F3NO2. The van der Waals surface area contributed by atoms with E-state index in [4.69, 9.17) is 10.00 Å². The number of carbonyl (C=O) groups excluding carboxylic acids is 1. The molecule has 0 heterocycles. The van der Waals surface area contributed by atoms with E-state index in [0.717, 1.165) is 62.6 Å². The van der Waals surface area contributed by atoms with Crippen LogP contribution in [0, 0.1) is 46.5 Å². The van der Waals surface area contributed by atoms with E-state index in [-0.39, 0.29) is 28.4 Å². The summed E-state index contributed by atoms with van der Waals surface area (Å²) in [5.41, 5.74) is -0.422. The lowest BCUT2D eigenvalue weighted by Crippen LogP contribution is -2.31. The molecule has 2 aliphatic rings. The highest BCUT2D eigenvalue weighted by molar-refractivity contribution is 5.91. The number of fused-ring (bicyclic) bond motifs is 1. The van der Waals surface area contributed by atoms with Gasteiger partial charge in [-0.05, 0) is 92.9 Å². The standard InChI is InChI=1S/C28H28F3NO2/c1-2-3-4-17-5-6-19-12-20(8-7-18(19)11-17)27-25(30)13-22(14-26(27)31)28(33)34-23-10-9-21(16-32)24(29)15-23/h2,9-10,13-15,17-20H,1,3-8,11-12H2. The summed E-state index contributed by atoms with van der Waals surface area (Å²) in [5, 5.41) is 8.79. The Morgan fingerprint density at radius 3 is 2.41 bits per heavy atom. The summed E-state index contributed by atoms with van der Waals surface area (Å²) in [6.45, 7) is 3.81. The van der Waals surface area contributed by atoms with Gasteiger partial charge in [-0.15, -0.1) is 6.58 Å². The molecule has 6 heteroatoms. The van der Waals surface area contributed by atoms with E-state index in [9.17, 15) is 9.18 Å². The second-order valence-electron chi connectivity index (χ2n) is 9.57. The summed E-state index contributed by atoms with van der Waals surface area (Å²) in [7, 11) is 0. The van der Waals surface area contributed by atoms with Gasteiger partial charge in [0, 0.05) is 11.6 Å². The molecule has 2 saturated carbocycles. The molecule has 0 radical (unpaired) electrons. The minimum absolute atomic E-state index is 0.0493. The minimum atomic E-state index is -0.991. The van der Waals surface area contributed by atoms with E-state index < -0.39 is 23.4 Å². The van der Waals surface area contributed by atoms with Crippen LogP contribution in [0.4, 0.5) is 13.2 Å². The van der Waals surface area contributed by atoms with Crippen molar-refractivity contribution in [3.8, 4) is 11.8 Å². The Morgan fingerprint density at radius 1 is 1.03 bits per heavy atom. The zero-order valence-electron chi connectivity index (χ0n) is 19.0. The van der Waals surface area contributed by atoms with E-state index in [2.05, 4.69) is 6.58 Å². The molecule has 2 aliphatic carbocycles. The van der Waals surface area contributed by atoms with Gasteiger partial charge < -0.3 is 4.74 Å². The van der Waals surface area contributed by atoms with Crippen molar-refractivity contribution in [3.05, 3.63) is 77.1 Å². The van der Waals surface area contributed by atoms with Crippen molar-refractivity contribution in [3.63, 3.8) is 0 Å². The maximum absolute atomic E-state index is 15.0. The van der Waals surface area contributed by atoms with Crippen LogP contribution in [0.25, 0.3) is 0 Å². The van der Waals surface area contributed by atoms with E-state index in [0.29, 0.717) is 11.8 Å². The molecule has 0 saturated heterocycles. The normalized spacial score (nSPS) is 24.1. The highest BCUT2D eigenvalue weighted by Crippen LogP contribution is 2.49. The third-order valence-corrected chi connectivity index (χ3v) is 7.50. The zero-order valence-corrected chi connectivity index (χ0v) is 19.0. The lowest BCUT2D eigenvalue weighted by atomic mass is 9.63. The van der Waals surface area contributed by atoms with Crippen molar-refractivity contribution in [2.24, 2.45) is 17.8 Å². The number of allylic oxidation sites excluding steroid dienone is 1. The Bertz CT molecular complexity index is 1100. The van der Waals surface area contributed by atoms with Crippen molar-refractivity contribution in [1.29, 1.82) is 5.26 Å². The van der Waals surface area contributed by atoms with Crippen molar-refractivity contribution in [2.75, 3.05) is 0 Å². The average Bonchev–Trinajstić information content (AvgIpc) is 2.82. The summed E-state index contributed by atoms with van der Waals surface area (Å²) >= 11 is 0. The Balaban J connectivity index is 1.44. The Morgan fingerprint density at radius 2 is 1.74 bits per heavy atom. The number of esters is 1. The van der Waals surface area contributed by atoms with Crippen LogP contribution in [0.15, 0.2) is 43.0 Å². The summed E-state index contributed by atoms with van der Waals surface area (Å²) in [6.07, 6.45) is 10.1. The fraction of sp³-hybridized carbons (Fsp3) is 0.429. The fourth-order valence-corrected chi connectivity index (χ4v) is 5.77. The van der Waals surface area contributed by atoms with Crippen molar-refractivity contribution >= 4 is 5.97 Å². The first-order chi connectivity index (χ1) is 16.4. The number of halogens is 3. The second kappa shape index (κ2) is 10.5. The van der Waals surface area contributed by atoms with Gasteiger partial charge in [-0.1, -0.05) is 12.5 Å². The van der Waals surface area contributed by atoms with Crippen molar-refractivity contribution in [1.82, 2.24) is 0 Å². The van der Waals surface area contributed by atoms with Crippen LogP contribution in [0.3, 0.4) is 0 Å². The van der Waals surface area contributed by atoms with Gasteiger partial charge in [0.1, 0.15) is 29.3 Å². The summed E-state index contributed by atoms with van der Waals surface area (Å²) < 4.78 is 48.9. The molecule has 0 aliphatic heterocycles. The molecular weight excluding hydrogens is 439 g/mol. The van der Waals surface area contributed by atoms with Gasteiger partial charge in [-0.3, -0.25) is 0 Å². The molecule has 4 rings (SSSR count). The number of rotatable bonds is 6. The van der Waals surface area contributed by atoms with Gasteiger partial charge in [-0.2, -0.15) is 5.26 Å². The van der Waals surface area contributed by atoms with Crippen LogP contribution in [0.2, 0.25) is 0 Å². The number of hydrogen-bond donors (Lipinski definition) is 0. The summed E-state index contributed by atoms with van der Waals surface area (Å²) in [4.78, 5) is 12.4. The number of hydrogen-bond acceptors (Lipinski definition) is 3. The number of nitriles is 1. The number of benzene rings is 2. The van der Waals surface area contributed by atoms with E-state index in [1.165, 1.54) is 25.0 Å². The van der Waals surface area contributed by atoms with Crippen LogP contribution >= 0.6 is 0 Å².